The minimum atomic E-state index is -0.618. The summed E-state index contributed by atoms with van der Waals surface area (Å²) in [7, 11) is 0. The van der Waals surface area contributed by atoms with E-state index in [1.807, 2.05) is 0 Å². The van der Waals surface area contributed by atoms with Crippen LogP contribution in [0.3, 0.4) is 0 Å². The lowest BCUT2D eigenvalue weighted by molar-refractivity contribution is -0.133. The first kappa shape index (κ1) is 17.7. The van der Waals surface area contributed by atoms with Gasteiger partial charge in [0.2, 0.25) is 5.91 Å². The number of aromatic nitrogens is 2. The second-order valence-corrected chi connectivity index (χ2v) is 5.93. The van der Waals surface area contributed by atoms with Crippen LogP contribution in [0.5, 0.6) is 0 Å². The zero-order valence-corrected chi connectivity index (χ0v) is 14.4. The number of carbonyl (C=O) groups is 2. The summed E-state index contributed by atoms with van der Waals surface area (Å²) >= 11 is 0. The maximum atomic E-state index is 12.5. The van der Waals surface area contributed by atoms with Gasteiger partial charge in [-0.05, 0) is 19.1 Å². The van der Waals surface area contributed by atoms with Crippen LogP contribution >= 0.6 is 0 Å². The lowest BCUT2D eigenvalue weighted by Crippen LogP contribution is -2.52. The molecule has 0 radical (unpaired) electrons. The van der Waals surface area contributed by atoms with E-state index in [0.29, 0.717) is 43.7 Å². The third-order valence-corrected chi connectivity index (χ3v) is 4.34. The number of nitrogens with zero attached hydrogens (tertiary/aromatic N) is 3. The van der Waals surface area contributed by atoms with Gasteiger partial charge in [-0.25, -0.2) is 9.59 Å². The molecule has 9 nitrogen and oxygen atoms in total. The van der Waals surface area contributed by atoms with Gasteiger partial charge in [-0.15, -0.1) is 0 Å². The summed E-state index contributed by atoms with van der Waals surface area (Å²) < 4.78 is 5.84. The summed E-state index contributed by atoms with van der Waals surface area (Å²) in [4.78, 5) is 54.5. The number of hydrogen-bond donors (Lipinski definition) is 1. The molecule has 1 saturated heterocycles. The van der Waals surface area contributed by atoms with E-state index < -0.39 is 17.3 Å². The van der Waals surface area contributed by atoms with E-state index in [2.05, 4.69) is 4.98 Å². The Labute approximate surface area is 148 Å². The van der Waals surface area contributed by atoms with Gasteiger partial charge in [-0.1, -0.05) is 12.1 Å². The van der Waals surface area contributed by atoms with Crippen LogP contribution in [0.4, 0.5) is 4.79 Å². The predicted octanol–water partition coefficient (Wildman–Crippen LogP) is -0.00950. The van der Waals surface area contributed by atoms with E-state index in [0.717, 1.165) is 4.57 Å². The number of rotatable bonds is 3. The fraction of sp³-hybridized carbons (Fsp3) is 0.412. The zero-order valence-electron chi connectivity index (χ0n) is 14.4. The highest BCUT2D eigenvalue weighted by atomic mass is 16.6. The standard InChI is InChI=1S/C17H20N4O5/c1-2-26-17(25)20-9-7-19(8-10-20)14(22)11-21-15(23)12-5-3-4-6-13(12)18-16(21)24/h3-6H,2,7-11H2,1H3,(H,18,24). The molecule has 1 aromatic heterocycles. The van der Waals surface area contributed by atoms with Crippen LogP contribution in [0.1, 0.15) is 6.92 Å². The van der Waals surface area contributed by atoms with Crippen LogP contribution in [0, 0.1) is 0 Å². The van der Waals surface area contributed by atoms with Crippen molar-refractivity contribution in [3.63, 3.8) is 0 Å². The number of ether oxygens (including phenoxy) is 1. The van der Waals surface area contributed by atoms with Gasteiger partial charge in [0, 0.05) is 26.2 Å². The maximum absolute atomic E-state index is 12.5. The Bertz CT molecular complexity index is 940. The normalized spacial score (nSPS) is 14.5. The molecule has 2 aromatic rings. The zero-order chi connectivity index (χ0) is 18.7. The number of amides is 2. The first-order valence-corrected chi connectivity index (χ1v) is 8.42. The molecular formula is C17H20N4O5. The van der Waals surface area contributed by atoms with Crippen molar-refractivity contribution in [2.75, 3.05) is 32.8 Å². The highest BCUT2D eigenvalue weighted by Crippen LogP contribution is 2.06. The van der Waals surface area contributed by atoms with E-state index in [9.17, 15) is 19.2 Å². The van der Waals surface area contributed by atoms with E-state index in [1.54, 1.807) is 31.2 Å². The third-order valence-electron chi connectivity index (χ3n) is 4.34. The molecule has 3 rings (SSSR count). The average Bonchev–Trinajstić information content (AvgIpc) is 2.65. The van der Waals surface area contributed by atoms with Crippen molar-refractivity contribution in [2.24, 2.45) is 0 Å². The number of benzene rings is 1. The molecule has 26 heavy (non-hydrogen) atoms. The molecule has 0 spiro atoms. The van der Waals surface area contributed by atoms with Crippen molar-refractivity contribution < 1.29 is 14.3 Å². The molecule has 2 heterocycles. The number of para-hydroxylation sites is 1. The molecule has 0 unspecified atom stereocenters. The van der Waals surface area contributed by atoms with E-state index in [1.165, 1.54) is 9.80 Å². The van der Waals surface area contributed by atoms with Gasteiger partial charge in [0.05, 0.1) is 17.5 Å². The summed E-state index contributed by atoms with van der Waals surface area (Å²) in [5, 5.41) is 0.354. The van der Waals surface area contributed by atoms with E-state index in [-0.39, 0.29) is 12.5 Å². The highest BCUT2D eigenvalue weighted by Gasteiger charge is 2.25. The first-order valence-electron chi connectivity index (χ1n) is 8.42. The molecule has 1 fully saturated rings. The van der Waals surface area contributed by atoms with Crippen molar-refractivity contribution in [3.05, 3.63) is 45.1 Å². The second-order valence-electron chi connectivity index (χ2n) is 5.93. The van der Waals surface area contributed by atoms with Crippen molar-refractivity contribution in [2.45, 2.75) is 13.5 Å². The van der Waals surface area contributed by atoms with Gasteiger partial charge in [-0.2, -0.15) is 0 Å². The Morgan fingerprint density at radius 2 is 1.73 bits per heavy atom. The third kappa shape index (κ3) is 3.46. The maximum Gasteiger partial charge on any atom is 0.409 e. The van der Waals surface area contributed by atoms with Crippen molar-refractivity contribution in [1.82, 2.24) is 19.4 Å². The first-order chi connectivity index (χ1) is 12.5. The van der Waals surface area contributed by atoms with E-state index >= 15 is 0 Å². The number of carbonyl (C=O) groups excluding carboxylic acids is 2. The van der Waals surface area contributed by atoms with Crippen molar-refractivity contribution >= 4 is 22.9 Å². The molecule has 0 saturated carbocycles. The van der Waals surface area contributed by atoms with Crippen LogP contribution in [0.15, 0.2) is 33.9 Å². The van der Waals surface area contributed by atoms with Crippen LogP contribution in [0.2, 0.25) is 0 Å². The van der Waals surface area contributed by atoms with Gasteiger partial charge in [0.25, 0.3) is 5.56 Å². The van der Waals surface area contributed by atoms with Gasteiger partial charge in [-0.3, -0.25) is 14.2 Å². The Balaban J connectivity index is 1.72. The molecule has 1 aromatic carbocycles. The number of piperazine rings is 1. The molecule has 1 N–H and O–H groups in total. The molecule has 1 aliphatic rings. The smallest absolute Gasteiger partial charge is 0.409 e. The lowest BCUT2D eigenvalue weighted by Gasteiger charge is -2.34. The Morgan fingerprint density at radius 1 is 1.08 bits per heavy atom. The number of H-pyrrole nitrogens is 1. The molecule has 9 heteroatoms. The molecule has 2 amide bonds. The lowest BCUT2D eigenvalue weighted by atomic mass is 10.2. The fourth-order valence-electron chi connectivity index (χ4n) is 2.93. The van der Waals surface area contributed by atoms with Gasteiger partial charge in [0.1, 0.15) is 6.54 Å². The van der Waals surface area contributed by atoms with Crippen LogP contribution in [-0.2, 0) is 16.1 Å². The minimum Gasteiger partial charge on any atom is -0.450 e. The largest absolute Gasteiger partial charge is 0.450 e. The van der Waals surface area contributed by atoms with Crippen molar-refractivity contribution in [1.29, 1.82) is 0 Å². The Hall–Kier alpha value is -3.10. The van der Waals surface area contributed by atoms with Crippen LogP contribution in [-0.4, -0.2) is 64.1 Å². The van der Waals surface area contributed by atoms with Crippen molar-refractivity contribution in [3.8, 4) is 0 Å². The van der Waals surface area contributed by atoms with Gasteiger partial charge < -0.3 is 19.5 Å². The molecule has 138 valence electrons. The molecule has 1 aliphatic heterocycles. The number of hydrogen-bond acceptors (Lipinski definition) is 5. The predicted molar refractivity (Wildman–Crippen MR) is 94.0 cm³/mol. The number of aromatic amines is 1. The second kappa shape index (κ2) is 7.42. The summed E-state index contributed by atoms with van der Waals surface area (Å²) in [5.74, 6) is -0.337. The minimum absolute atomic E-state index is 0.297. The molecule has 0 aliphatic carbocycles. The highest BCUT2D eigenvalue weighted by molar-refractivity contribution is 5.79. The Kier molecular flexibility index (Phi) is 5.06. The summed E-state index contributed by atoms with van der Waals surface area (Å²) in [6.07, 6.45) is -0.401. The van der Waals surface area contributed by atoms with E-state index in [4.69, 9.17) is 4.74 Å². The molecule has 0 atom stereocenters. The summed E-state index contributed by atoms with van der Waals surface area (Å²) in [5.41, 5.74) is -0.677. The van der Waals surface area contributed by atoms with Crippen LogP contribution < -0.4 is 11.2 Å². The topological polar surface area (TPSA) is 105 Å². The molecule has 0 bridgehead atoms. The summed E-state index contributed by atoms with van der Waals surface area (Å²) in [6.45, 7) is 3.07. The number of fused-ring (bicyclic) bond motifs is 1. The monoisotopic (exact) mass is 360 g/mol. The van der Waals surface area contributed by atoms with Crippen LogP contribution in [0.25, 0.3) is 10.9 Å². The molecular weight excluding hydrogens is 340 g/mol. The van der Waals surface area contributed by atoms with Gasteiger partial charge in [0.15, 0.2) is 0 Å². The number of nitrogens with one attached hydrogen (secondary N) is 1. The quantitative estimate of drug-likeness (QED) is 0.829. The fourth-order valence-corrected chi connectivity index (χ4v) is 2.93. The van der Waals surface area contributed by atoms with Gasteiger partial charge >= 0.3 is 11.8 Å². The summed E-state index contributed by atoms with van der Waals surface area (Å²) in [6, 6.07) is 6.66. The SMILES string of the molecule is CCOC(=O)N1CCN(C(=O)Cn2c(=O)[nH]c3ccccc3c2=O)CC1. The Morgan fingerprint density at radius 3 is 2.42 bits per heavy atom. The average molecular weight is 360 g/mol.